The Morgan fingerprint density at radius 2 is 1.85 bits per heavy atom. The summed E-state index contributed by atoms with van der Waals surface area (Å²) in [7, 11) is 0. The van der Waals surface area contributed by atoms with Crippen LogP contribution in [-0.2, 0) is 4.79 Å². The molecule has 2 aromatic rings. The first-order valence-electron chi connectivity index (χ1n) is 11.8. The minimum atomic E-state index is -0.377. The molecule has 1 saturated carbocycles. The van der Waals surface area contributed by atoms with Crippen molar-refractivity contribution >= 4 is 23.2 Å². The topological polar surface area (TPSA) is 64.7 Å². The summed E-state index contributed by atoms with van der Waals surface area (Å²) in [6, 6.07) is 11.4. The van der Waals surface area contributed by atoms with E-state index in [0.29, 0.717) is 17.2 Å². The van der Waals surface area contributed by atoms with Crippen LogP contribution in [0.3, 0.4) is 0 Å². The van der Waals surface area contributed by atoms with Gasteiger partial charge in [-0.3, -0.25) is 9.59 Å². The molecule has 0 bridgehead atoms. The first-order chi connectivity index (χ1) is 15.9. The summed E-state index contributed by atoms with van der Waals surface area (Å²) in [6.45, 7) is 10.8. The molecule has 2 N–H and O–H groups in total. The number of carbonyl (C=O) groups is 2. The maximum absolute atomic E-state index is 14.1. The molecule has 6 nitrogen and oxygen atoms in total. The van der Waals surface area contributed by atoms with Crippen LogP contribution in [0.4, 0.5) is 15.8 Å². The number of piperazine rings is 1. The summed E-state index contributed by atoms with van der Waals surface area (Å²) in [6.07, 6.45) is 0.910. The predicted molar refractivity (Wildman–Crippen MR) is 129 cm³/mol. The van der Waals surface area contributed by atoms with Gasteiger partial charge in [0.1, 0.15) is 5.82 Å². The van der Waals surface area contributed by atoms with E-state index in [-0.39, 0.29) is 29.6 Å². The van der Waals surface area contributed by atoms with Gasteiger partial charge in [-0.2, -0.15) is 0 Å². The number of benzene rings is 2. The summed E-state index contributed by atoms with van der Waals surface area (Å²) in [5, 5.41) is 5.91. The van der Waals surface area contributed by atoms with Gasteiger partial charge in [-0.1, -0.05) is 19.9 Å². The number of carbonyl (C=O) groups excluding carboxylic acids is 2. The van der Waals surface area contributed by atoms with Crippen LogP contribution in [0.5, 0.6) is 0 Å². The van der Waals surface area contributed by atoms with Crippen molar-refractivity contribution in [1.29, 1.82) is 0 Å². The Kier molecular flexibility index (Phi) is 6.98. The van der Waals surface area contributed by atoms with E-state index in [1.807, 2.05) is 13.0 Å². The van der Waals surface area contributed by atoms with Gasteiger partial charge in [0.15, 0.2) is 0 Å². The van der Waals surface area contributed by atoms with Gasteiger partial charge in [0.25, 0.3) is 5.91 Å². The van der Waals surface area contributed by atoms with E-state index in [1.165, 1.54) is 12.1 Å². The number of rotatable bonds is 7. The maximum Gasteiger partial charge on any atom is 0.251 e. The van der Waals surface area contributed by atoms with Crippen molar-refractivity contribution in [2.45, 2.75) is 33.2 Å². The lowest BCUT2D eigenvalue weighted by Gasteiger charge is -2.37. The van der Waals surface area contributed by atoms with Gasteiger partial charge in [0.05, 0.1) is 6.04 Å². The number of halogens is 1. The predicted octanol–water partition coefficient (Wildman–Crippen LogP) is 4.05. The zero-order valence-corrected chi connectivity index (χ0v) is 19.6. The molecule has 7 heteroatoms. The van der Waals surface area contributed by atoms with Crippen molar-refractivity contribution < 1.29 is 14.0 Å². The Bertz CT molecular complexity index is 1020. The number of hydrogen-bond acceptors (Lipinski definition) is 4. The second-order valence-corrected chi connectivity index (χ2v) is 9.21. The zero-order chi connectivity index (χ0) is 23.5. The van der Waals surface area contributed by atoms with E-state index in [0.717, 1.165) is 50.4 Å². The van der Waals surface area contributed by atoms with Crippen LogP contribution in [-0.4, -0.2) is 49.4 Å². The van der Waals surface area contributed by atoms with Gasteiger partial charge >= 0.3 is 0 Å². The molecule has 1 saturated heterocycles. The fraction of sp³-hybridized carbons (Fsp3) is 0.462. The third-order valence-electron chi connectivity index (χ3n) is 6.80. The first-order valence-corrected chi connectivity index (χ1v) is 11.8. The molecule has 2 aliphatic rings. The molecule has 0 spiro atoms. The number of hydrogen-bond donors (Lipinski definition) is 2. The number of anilines is 2. The zero-order valence-electron chi connectivity index (χ0n) is 19.6. The van der Waals surface area contributed by atoms with Crippen molar-refractivity contribution in [1.82, 2.24) is 10.2 Å². The van der Waals surface area contributed by atoms with E-state index in [2.05, 4.69) is 34.3 Å². The fourth-order valence-electron chi connectivity index (χ4n) is 4.48. The molecule has 2 aromatic carbocycles. The highest BCUT2D eigenvalue weighted by Gasteiger charge is 2.39. The average molecular weight is 453 g/mol. The minimum Gasteiger partial charge on any atom is -0.369 e. The van der Waals surface area contributed by atoms with Gasteiger partial charge in [-0.05, 0) is 62.2 Å². The van der Waals surface area contributed by atoms with Crippen molar-refractivity contribution in [3.63, 3.8) is 0 Å². The van der Waals surface area contributed by atoms with Gasteiger partial charge in [0, 0.05) is 54.6 Å². The van der Waals surface area contributed by atoms with Crippen molar-refractivity contribution in [2.24, 2.45) is 11.8 Å². The molecule has 4 rings (SSSR count). The molecule has 1 heterocycles. The van der Waals surface area contributed by atoms with Crippen LogP contribution in [0.15, 0.2) is 42.5 Å². The third-order valence-corrected chi connectivity index (χ3v) is 6.80. The smallest absolute Gasteiger partial charge is 0.251 e. The molecule has 1 aliphatic carbocycles. The van der Waals surface area contributed by atoms with Crippen LogP contribution in [0.25, 0.3) is 0 Å². The van der Waals surface area contributed by atoms with Crippen LogP contribution in [0, 0.1) is 17.7 Å². The lowest BCUT2D eigenvalue weighted by Crippen LogP contribution is -2.46. The Morgan fingerprint density at radius 1 is 1.12 bits per heavy atom. The van der Waals surface area contributed by atoms with Gasteiger partial charge in [-0.15, -0.1) is 0 Å². The molecule has 0 aromatic heterocycles. The second kappa shape index (κ2) is 9.91. The van der Waals surface area contributed by atoms with Crippen LogP contribution >= 0.6 is 0 Å². The number of nitrogens with one attached hydrogen (secondary N) is 2. The molecule has 2 amide bonds. The third kappa shape index (κ3) is 5.53. The summed E-state index contributed by atoms with van der Waals surface area (Å²) >= 11 is 0. The Morgan fingerprint density at radius 3 is 2.52 bits per heavy atom. The van der Waals surface area contributed by atoms with Crippen LogP contribution in [0.2, 0.25) is 0 Å². The molecule has 1 aliphatic heterocycles. The highest BCUT2D eigenvalue weighted by Crippen LogP contribution is 2.38. The van der Waals surface area contributed by atoms with Crippen molar-refractivity contribution in [2.75, 3.05) is 42.9 Å². The average Bonchev–Trinajstić information content (AvgIpc) is 3.56. The molecule has 2 fully saturated rings. The molecule has 33 heavy (non-hydrogen) atoms. The highest BCUT2D eigenvalue weighted by atomic mass is 19.1. The Balaban J connectivity index is 1.45. The highest BCUT2D eigenvalue weighted by molar-refractivity contribution is 5.98. The lowest BCUT2D eigenvalue weighted by atomic mass is 10.0. The van der Waals surface area contributed by atoms with Gasteiger partial charge < -0.3 is 20.4 Å². The lowest BCUT2D eigenvalue weighted by molar-refractivity contribution is -0.117. The monoisotopic (exact) mass is 452 g/mol. The summed E-state index contributed by atoms with van der Waals surface area (Å²) in [4.78, 5) is 29.9. The van der Waals surface area contributed by atoms with E-state index >= 15 is 0 Å². The molecular formula is C26H33FN4O2. The largest absolute Gasteiger partial charge is 0.369 e. The maximum atomic E-state index is 14.1. The van der Waals surface area contributed by atoms with E-state index in [9.17, 15) is 14.0 Å². The Labute approximate surface area is 195 Å². The molecular weight excluding hydrogens is 419 g/mol. The van der Waals surface area contributed by atoms with Gasteiger partial charge in [0.2, 0.25) is 5.91 Å². The molecule has 176 valence electrons. The quantitative estimate of drug-likeness (QED) is 0.665. The number of amides is 2. The molecule has 3 unspecified atom stereocenters. The normalized spacial score (nSPS) is 21.4. The van der Waals surface area contributed by atoms with Crippen molar-refractivity contribution in [3.05, 3.63) is 59.4 Å². The Hall–Kier alpha value is -2.93. The van der Waals surface area contributed by atoms with E-state index < -0.39 is 0 Å². The standard InChI is InChI=1S/C26H33FN4O2/c1-4-30-10-12-31(13-11-30)24-9-8-20(27)16-23(24)18(3)28-25(32)19-6-5-7-21(15-19)29-26(33)22-14-17(22)2/h5-9,15-18,22H,4,10-14H2,1-3H3,(H,28,32)(H,29,33). The summed E-state index contributed by atoms with van der Waals surface area (Å²) in [5.41, 5.74) is 2.79. The minimum absolute atomic E-state index is 0.000925. The van der Waals surface area contributed by atoms with Gasteiger partial charge in [-0.25, -0.2) is 4.39 Å². The van der Waals surface area contributed by atoms with Crippen molar-refractivity contribution in [3.8, 4) is 0 Å². The summed E-state index contributed by atoms with van der Waals surface area (Å²) < 4.78 is 14.1. The fourth-order valence-corrected chi connectivity index (χ4v) is 4.48. The molecule has 0 radical (unpaired) electrons. The van der Waals surface area contributed by atoms with E-state index in [1.54, 1.807) is 24.3 Å². The SMILES string of the molecule is CCN1CCN(c2ccc(F)cc2C(C)NC(=O)c2cccc(NC(=O)C3CC3C)c2)CC1. The molecule has 3 atom stereocenters. The van der Waals surface area contributed by atoms with Crippen LogP contribution in [0.1, 0.15) is 49.2 Å². The number of nitrogens with zero attached hydrogens (tertiary/aromatic N) is 2. The van der Waals surface area contributed by atoms with Crippen LogP contribution < -0.4 is 15.5 Å². The summed E-state index contributed by atoms with van der Waals surface area (Å²) in [5.74, 6) is -0.0951. The van der Waals surface area contributed by atoms with E-state index in [4.69, 9.17) is 0 Å². The second-order valence-electron chi connectivity index (χ2n) is 9.21. The number of likely N-dealkylation sites (N-methyl/N-ethyl adjacent to an activating group) is 1. The first kappa shape index (κ1) is 23.2.